The first-order valence-corrected chi connectivity index (χ1v) is 5.22. The minimum atomic E-state index is -2.76. The van der Waals surface area contributed by atoms with Crippen molar-refractivity contribution in [1.29, 1.82) is 0 Å². The molecule has 0 bridgehead atoms. The van der Waals surface area contributed by atoms with Crippen molar-refractivity contribution in [3.8, 4) is 0 Å². The average Bonchev–Trinajstić information content (AvgIpc) is 2.42. The molecule has 4 heteroatoms. The summed E-state index contributed by atoms with van der Waals surface area (Å²) in [5, 5.41) is 0. The zero-order valence-electron chi connectivity index (χ0n) is 9.51. The Labute approximate surface area is 88.8 Å². The van der Waals surface area contributed by atoms with Gasteiger partial charge in [-0.25, -0.2) is 9.97 Å². The summed E-state index contributed by atoms with van der Waals surface area (Å²) < 4.78 is 26.6. The number of rotatable bonds is 0. The van der Waals surface area contributed by atoms with E-state index in [4.69, 9.17) is 0 Å². The van der Waals surface area contributed by atoms with Gasteiger partial charge in [0.2, 0.25) is 0 Å². The Morgan fingerprint density at radius 3 is 2.47 bits per heavy atom. The van der Waals surface area contributed by atoms with Gasteiger partial charge in [0.15, 0.2) is 0 Å². The number of halogens is 2. The molecule has 1 aliphatic carbocycles. The molecule has 84 valence electrons. The zero-order valence-corrected chi connectivity index (χ0v) is 9.51. The minimum Gasteiger partial charge on any atom is -0.241 e. The van der Waals surface area contributed by atoms with E-state index in [0.717, 1.165) is 0 Å². The molecule has 0 amide bonds. The van der Waals surface area contributed by atoms with E-state index in [1.807, 2.05) is 13.8 Å². The molecule has 0 saturated heterocycles. The van der Waals surface area contributed by atoms with Crippen LogP contribution in [0.3, 0.4) is 0 Å². The van der Waals surface area contributed by atoms with Crippen LogP contribution in [-0.2, 0) is 5.92 Å². The Kier molecular flexibility index (Phi) is 3.37. The van der Waals surface area contributed by atoms with Crippen molar-refractivity contribution in [2.45, 2.75) is 46.0 Å². The largest absolute Gasteiger partial charge is 0.290 e. The maximum absolute atomic E-state index is 13.3. The van der Waals surface area contributed by atoms with Gasteiger partial charge in [0.05, 0.1) is 0 Å². The first kappa shape index (κ1) is 12.0. The second kappa shape index (κ2) is 4.21. The van der Waals surface area contributed by atoms with E-state index in [2.05, 4.69) is 9.97 Å². The summed E-state index contributed by atoms with van der Waals surface area (Å²) in [5.74, 6) is -2.89. The van der Waals surface area contributed by atoms with Crippen LogP contribution in [-0.4, -0.2) is 9.97 Å². The molecule has 1 atom stereocenters. The van der Waals surface area contributed by atoms with Crippen molar-refractivity contribution in [3.05, 3.63) is 23.3 Å². The van der Waals surface area contributed by atoms with Crippen LogP contribution in [0, 0.1) is 6.92 Å². The van der Waals surface area contributed by atoms with Gasteiger partial charge in [-0.1, -0.05) is 20.8 Å². The molecule has 0 saturated carbocycles. The van der Waals surface area contributed by atoms with Crippen LogP contribution in [0.4, 0.5) is 8.78 Å². The van der Waals surface area contributed by atoms with Gasteiger partial charge in [0, 0.05) is 17.7 Å². The summed E-state index contributed by atoms with van der Waals surface area (Å²) >= 11 is 0. The van der Waals surface area contributed by atoms with Gasteiger partial charge in [0.1, 0.15) is 12.0 Å². The van der Waals surface area contributed by atoms with Crippen LogP contribution in [0.1, 0.15) is 50.1 Å². The van der Waals surface area contributed by atoms with E-state index < -0.39 is 5.92 Å². The number of fused-ring (bicyclic) bond motifs is 1. The van der Waals surface area contributed by atoms with Crippen LogP contribution in [0.5, 0.6) is 0 Å². The number of hydrogen-bond donors (Lipinski definition) is 0. The second-order valence-electron chi connectivity index (χ2n) is 3.53. The lowest BCUT2D eigenvalue weighted by atomic mass is 10.0. The summed E-state index contributed by atoms with van der Waals surface area (Å²) in [7, 11) is 0. The van der Waals surface area contributed by atoms with Crippen LogP contribution >= 0.6 is 0 Å². The van der Waals surface area contributed by atoms with Crippen molar-refractivity contribution in [2.75, 3.05) is 0 Å². The highest BCUT2D eigenvalue weighted by Crippen LogP contribution is 2.47. The number of aryl methyl sites for hydroxylation is 1. The summed E-state index contributed by atoms with van der Waals surface area (Å²) in [6.45, 7) is 7.54. The number of nitrogens with zero attached hydrogens (tertiary/aromatic N) is 2. The van der Waals surface area contributed by atoms with Gasteiger partial charge in [0.25, 0.3) is 5.92 Å². The molecule has 0 fully saturated rings. The minimum absolute atomic E-state index is 0.0764. The maximum atomic E-state index is 13.3. The van der Waals surface area contributed by atoms with E-state index in [-0.39, 0.29) is 18.0 Å². The molecule has 0 aromatic carbocycles. The summed E-state index contributed by atoms with van der Waals surface area (Å²) in [6.07, 6.45) is 1.07. The Morgan fingerprint density at radius 2 is 1.93 bits per heavy atom. The Hall–Kier alpha value is -1.06. The van der Waals surface area contributed by atoms with Gasteiger partial charge in [-0.05, 0) is 12.8 Å². The molecule has 2 nitrogen and oxygen atoms in total. The first-order valence-electron chi connectivity index (χ1n) is 5.22. The third-order valence-corrected chi connectivity index (χ3v) is 2.48. The molecule has 0 aliphatic heterocycles. The van der Waals surface area contributed by atoms with Gasteiger partial charge in [-0.2, -0.15) is 8.78 Å². The van der Waals surface area contributed by atoms with Crippen LogP contribution in [0.15, 0.2) is 6.33 Å². The summed E-state index contributed by atoms with van der Waals surface area (Å²) in [5.41, 5.74) is 1.23. The molecule has 0 N–H and O–H groups in total. The number of aromatic nitrogens is 2. The van der Waals surface area contributed by atoms with E-state index in [0.29, 0.717) is 11.3 Å². The quantitative estimate of drug-likeness (QED) is 0.661. The molecule has 1 aromatic heterocycles. The fourth-order valence-electron chi connectivity index (χ4n) is 1.95. The topological polar surface area (TPSA) is 25.8 Å². The second-order valence-corrected chi connectivity index (χ2v) is 3.53. The van der Waals surface area contributed by atoms with Crippen molar-refractivity contribution in [1.82, 2.24) is 9.97 Å². The molecule has 1 aromatic rings. The first-order chi connectivity index (χ1) is 7.02. The lowest BCUT2D eigenvalue weighted by Gasteiger charge is -2.07. The fraction of sp³-hybridized carbons (Fsp3) is 0.636. The Morgan fingerprint density at radius 1 is 1.33 bits per heavy atom. The van der Waals surface area contributed by atoms with Gasteiger partial charge in [-0.15, -0.1) is 0 Å². The fourth-order valence-corrected chi connectivity index (χ4v) is 1.95. The van der Waals surface area contributed by atoms with E-state index in [1.54, 1.807) is 13.8 Å². The van der Waals surface area contributed by atoms with Crippen molar-refractivity contribution < 1.29 is 8.78 Å². The molecular weight excluding hydrogens is 198 g/mol. The standard InChI is InChI=1S/C9H10F2N2.C2H6/c1-5-3-9(10,11)8-7(5)6(2)12-4-13-8;1-2/h4-5H,3H2,1-2H3;1-2H3/t5-;/m1./s1. The number of alkyl halides is 2. The highest BCUT2D eigenvalue weighted by Gasteiger charge is 2.45. The van der Waals surface area contributed by atoms with Crippen LogP contribution < -0.4 is 0 Å². The zero-order chi connectivity index (χ0) is 11.6. The third-order valence-electron chi connectivity index (χ3n) is 2.48. The normalized spacial score (nSPS) is 21.6. The van der Waals surface area contributed by atoms with Crippen LogP contribution in [0.25, 0.3) is 0 Å². The third kappa shape index (κ3) is 1.98. The van der Waals surface area contributed by atoms with Crippen molar-refractivity contribution in [2.24, 2.45) is 0 Å². The Bertz CT molecular complexity index is 350. The highest BCUT2D eigenvalue weighted by atomic mass is 19.3. The molecule has 15 heavy (non-hydrogen) atoms. The van der Waals surface area contributed by atoms with Gasteiger partial charge in [-0.3, -0.25) is 0 Å². The maximum Gasteiger partial charge on any atom is 0.290 e. The van der Waals surface area contributed by atoms with E-state index in [1.165, 1.54) is 6.33 Å². The predicted molar refractivity (Wildman–Crippen MR) is 55.0 cm³/mol. The monoisotopic (exact) mass is 214 g/mol. The smallest absolute Gasteiger partial charge is 0.241 e. The molecule has 1 aliphatic rings. The molecule has 0 spiro atoms. The molecular formula is C11H16F2N2. The molecule has 1 heterocycles. The van der Waals surface area contributed by atoms with E-state index >= 15 is 0 Å². The van der Waals surface area contributed by atoms with Crippen LogP contribution in [0.2, 0.25) is 0 Å². The highest BCUT2D eigenvalue weighted by molar-refractivity contribution is 5.35. The molecule has 0 unspecified atom stereocenters. The average molecular weight is 214 g/mol. The van der Waals surface area contributed by atoms with E-state index in [9.17, 15) is 8.78 Å². The molecule has 0 radical (unpaired) electrons. The van der Waals surface area contributed by atoms with Crippen molar-refractivity contribution in [3.63, 3.8) is 0 Å². The Balaban J connectivity index is 0.000000531. The predicted octanol–water partition coefficient (Wildman–Crippen LogP) is 3.41. The van der Waals surface area contributed by atoms with Gasteiger partial charge < -0.3 is 0 Å². The molecule has 2 rings (SSSR count). The number of hydrogen-bond acceptors (Lipinski definition) is 2. The van der Waals surface area contributed by atoms with Gasteiger partial charge >= 0.3 is 0 Å². The summed E-state index contributed by atoms with van der Waals surface area (Å²) in [4.78, 5) is 7.58. The lowest BCUT2D eigenvalue weighted by Crippen LogP contribution is -2.10. The van der Waals surface area contributed by atoms with Crippen molar-refractivity contribution >= 4 is 0 Å². The SMILES string of the molecule is CC.Cc1ncnc2c1[C@H](C)CC2(F)F. The lowest BCUT2D eigenvalue weighted by molar-refractivity contribution is -0.00977. The summed E-state index contributed by atoms with van der Waals surface area (Å²) in [6, 6.07) is 0.